The molecule has 0 radical (unpaired) electrons. The van der Waals surface area contributed by atoms with Gasteiger partial charge >= 0.3 is 0 Å². The summed E-state index contributed by atoms with van der Waals surface area (Å²) in [4.78, 5) is 0. The van der Waals surface area contributed by atoms with Crippen molar-refractivity contribution in [3.8, 4) is 11.1 Å². The van der Waals surface area contributed by atoms with Gasteiger partial charge in [-0.05, 0) is 59.9 Å². The van der Waals surface area contributed by atoms with E-state index >= 15 is 52.7 Å². The van der Waals surface area contributed by atoms with Crippen LogP contribution in [0, 0.1) is 116 Å². The van der Waals surface area contributed by atoms with E-state index in [-0.39, 0.29) is 43.2 Å². The second-order valence-electron chi connectivity index (χ2n) is 17.5. The minimum atomic E-state index is -3.53. The van der Waals surface area contributed by atoms with E-state index in [2.05, 4.69) is 0 Å². The summed E-state index contributed by atoms with van der Waals surface area (Å²) in [6, 6.07) is 15.0. The van der Waals surface area contributed by atoms with E-state index in [4.69, 9.17) is 0 Å². The summed E-state index contributed by atoms with van der Waals surface area (Å²) < 4.78 is 304. The molecule has 0 spiro atoms. The van der Waals surface area contributed by atoms with E-state index in [0.717, 1.165) is 24.3 Å². The van der Waals surface area contributed by atoms with Gasteiger partial charge in [-0.25, -0.2) is 87.8 Å². The molecule has 10 rings (SSSR count). The highest BCUT2D eigenvalue weighted by molar-refractivity contribution is 7.04. The lowest BCUT2D eigenvalue weighted by Gasteiger charge is -2.35. The molecule has 73 heavy (non-hydrogen) atoms. The minimum Gasteiger partial charge on any atom is -0.204 e. The van der Waals surface area contributed by atoms with Crippen molar-refractivity contribution in [2.24, 2.45) is 0 Å². The summed E-state index contributed by atoms with van der Waals surface area (Å²) in [6.45, 7) is -2.67. The maximum Gasteiger partial charge on any atom is 0.257 e. The van der Waals surface area contributed by atoms with Gasteiger partial charge in [0.05, 0.1) is 0 Å². The third kappa shape index (κ3) is 6.71. The Morgan fingerprint density at radius 3 is 1.07 bits per heavy atom. The van der Waals surface area contributed by atoms with Crippen LogP contribution in [-0.4, -0.2) is 21.5 Å². The standard InChI is InChI=1S/C50H18B2F20Si/c1-73(2)24-9-5-8-19-21-14-23(52(29-35(57)43(65)49(71)44(66)36(29)58)30-37(59)45(67)50(72)46(68)38(30)60)17-7-4-3-6-16(17)20(21)13-22(26(19)24)18-11-10-15(12-25(18)73)51(27-31(53)39(61)47(69)40(62)32(27)54)28-33(55)41(63)48(70)42(64)34(28)56/h3-14H,1-2H3. The van der Waals surface area contributed by atoms with Gasteiger partial charge in [0, 0.05) is 21.9 Å². The Hall–Kier alpha value is -7.29. The molecular formula is C50H18B2F20Si. The molecule has 1 aliphatic heterocycles. The number of hydrogen-bond donors (Lipinski definition) is 0. The van der Waals surface area contributed by atoms with Crippen LogP contribution in [0.3, 0.4) is 0 Å². The molecule has 0 N–H and O–H groups in total. The topological polar surface area (TPSA) is 0 Å². The van der Waals surface area contributed by atoms with E-state index in [0.29, 0.717) is 10.6 Å². The van der Waals surface area contributed by atoms with Crippen molar-refractivity contribution in [3.63, 3.8) is 0 Å². The Balaban J connectivity index is 1.30. The van der Waals surface area contributed by atoms with Crippen molar-refractivity contribution in [2.75, 3.05) is 0 Å². The van der Waals surface area contributed by atoms with Gasteiger partial charge in [-0.1, -0.05) is 90.7 Å². The van der Waals surface area contributed by atoms with Crippen molar-refractivity contribution < 1.29 is 87.8 Å². The zero-order valence-corrected chi connectivity index (χ0v) is 37.1. The lowest BCUT2D eigenvalue weighted by molar-refractivity contribution is 0.382. The molecule has 0 saturated carbocycles. The molecule has 1 aliphatic rings. The lowest BCUT2D eigenvalue weighted by Crippen LogP contribution is -2.61. The summed E-state index contributed by atoms with van der Waals surface area (Å²) in [5, 5.41) is 0.746. The first-order valence-electron chi connectivity index (χ1n) is 21.0. The Morgan fingerprint density at radius 2 is 0.644 bits per heavy atom. The molecule has 368 valence electrons. The molecule has 1 heterocycles. The molecule has 0 saturated heterocycles. The summed E-state index contributed by atoms with van der Waals surface area (Å²) in [5.41, 5.74) is -9.02. The summed E-state index contributed by atoms with van der Waals surface area (Å²) in [5.74, 6) is -53.3. The molecule has 9 aromatic rings. The van der Waals surface area contributed by atoms with E-state index in [1.807, 2.05) is 0 Å². The van der Waals surface area contributed by atoms with Gasteiger partial charge in [0.2, 0.25) is 0 Å². The van der Waals surface area contributed by atoms with Crippen LogP contribution in [0.2, 0.25) is 13.1 Å². The number of hydrogen-bond acceptors (Lipinski definition) is 0. The Bertz CT molecular complexity index is 3740. The Morgan fingerprint density at radius 1 is 0.288 bits per heavy atom. The monoisotopic (exact) mass is 1050 g/mol. The summed E-state index contributed by atoms with van der Waals surface area (Å²) in [7, 11) is -3.53. The number of benzene rings is 9. The largest absolute Gasteiger partial charge is 0.257 e. The highest BCUT2D eigenvalue weighted by Crippen LogP contribution is 2.40. The van der Waals surface area contributed by atoms with Gasteiger partial charge in [-0.3, -0.25) is 0 Å². The third-order valence-electron chi connectivity index (χ3n) is 13.5. The predicted molar refractivity (Wildman–Crippen MR) is 235 cm³/mol. The zero-order valence-electron chi connectivity index (χ0n) is 36.1. The molecule has 23 heteroatoms. The Labute approximate surface area is 397 Å². The normalized spacial score (nSPS) is 12.9. The fraction of sp³-hybridized carbons (Fsp3) is 0.0400. The van der Waals surface area contributed by atoms with Crippen molar-refractivity contribution in [3.05, 3.63) is 189 Å². The average molecular weight is 1050 g/mol. The fourth-order valence-electron chi connectivity index (χ4n) is 10.1. The maximum absolute atomic E-state index is 16.0. The van der Waals surface area contributed by atoms with E-state index in [9.17, 15) is 35.1 Å². The lowest BCUT2D eigenvalue weighted by atomic mass is 9.35. The first kappa shape index (κ1) is 49.3. The van der Waals surface area contributed by atoms with Crippen LogP contribution in [0.25, 0.3) is 43.4 Å². The van der Waals surface area contributed by atoms with Gasteiger partial charge in [0.15, 0.2) is 116 Å². The maximum atomic E-state index is 16.0. The molecular weight excluding hydrogens is 1030 g/mol. The van der Waals surface area contributed by atoms with Crippen LogP contribution < -0.4 is 43.2 Å². The first-order chi connectivity index (χ1) is 34.4. The van der Waals surface area contributed by atoms with Crippen LogP contribution in [0.4, 0.5) is 87.8 Å². The minimum absolute atomic E-state index is 0.0189. The van der Waals surface area contributed by atoms with Crippen molar-refractivity contribution in [2.45, 2.75) is 13.1 Å². The van der Waals surface area contributed by atoms with E-state index in [1.165, 1.54) is 42.5 Å². The number of halogens is 20. The second kappa shape index (κ2) is 16.9. The Kier molecular flexibility index (Phi) is 11.4. The summed E-state index contributed by atoms with van der Waals surface area (Å²) in [6.07, 6.45) is 0. The zero-order chi connectivity index (χ0) is 52.9. The number of rotatable bonds is 6. The van der Waals surface area contributed by atoms with Gasteiger partial charge < -0.3 is 0 Å². The van der Waals surface area contributed by atoms with Crippen LogP contribution in [-0.2, 0) is 0 Å². The molecule has 0 nitrogen and oxygen atoms in total. The van der Waals surface area contributed by atoms with E-state index < -0.39 is 171 Å². The smallest absolute Gasteiger partial charge is 0.204 e. The molecule has 0 aromatic heterocycles. The van der Waals surface area contributed by atoms with Crippen LogP contribution in [0.15, 0.2) is 72.8 Å². The molecule has 0 fully saturated rings. The van der Waals surface area contributed by atoms with Crippen molar-refractivity contribution >= 4 is 97.0 Å². The van der Waals surface area contributed by atoms with Crippen LogP contribution in [0.5, 0.6) is 0 Å². The van der Waals surface area contributed by atoms with Crippen molar-refractivity contribution in [1.82, 2.24) is 0 Å². The fourth-order valence-corrected chi connectivity index (χ4v) is 13.2. The van der Waals surface area contributed by atoms with Gasteiger partial charge in [0.25, 0.3) is 13.4 Å². The van der Waals surface area contributed by atoms with Crippen molar-refractivity contribution in [1.29, 1.82) is 0 Å². The van der Waals surface area contributed by atoms with Gasteiger partial charge in [0.1, 0.15) is 8.07 Å². The van der Waals surface area contributed by atoms with Crippen LogP contribution >= 0.6 is 0 Å². The van der Waals surface area contributed by atoms with Gasteiger partial charge in [-0.2, -0.15) is 0 Å². The first-order valence-corrected chi connectivity index (χ1v) is 24.0. The average Bonchev–Trinajstić information content (AvgIpc) is 3.38. The molecule has 0 bridgehead atoms. The number of fused-ring (bicyclic) bond motifs is 6. The summed E-state index contributed by atoms with van der Waals surface area (Å²) >= 11 is 0. The molecule has 0 amide bonds. The van der Waals surface area contributed by atoms with Gasteiger partial charge in [-0.15, -0.1) is 0 Å². The predicted octanol–water partition coefficient (Wildman–Crippen LogP) is 9.76. The molecule has 0 atom stereocenters. The molecule has 9 aromatic carbocycles. The SMILES string of the molecule is C[Si]1(C)c2cc(B(c3c(F)c(F)c(F)c(F)c3F)c3c(F)c(F)c(F)c(F)c3F)ccc2-c2cc3c4ccccc4c(B(c4c(F)c(F)c(F)c(F)c4F)c4c(F)c(F)c(F)c(F)c4F)cc3c3cccc1c23. The molecule has 0 aliphatic carbocycles. The second-order valence-corrected chi connectivity index (χ2v) is 21.8. The van der Waals surface area contributed by atoms with Crippen LogP contribution in [0.1, 0.15) is 0 Å². The third-order valence-corrected chi connectivity index (χ3v) is 17.0. The highest BCUT2D eigenvalue weighted by Gasteiger charge is 2.45. The highest BCUT2D eigenvalue weighted by atomic mass is 28.3. The quantitative estimate of drug-likeness (QED) is 0.0512. The molecule has 0 unspecified atom stereocenters. The van der Waals surface area contributed by atoms with E-state index in [1.54, 1.807) is 19.2 Å².